The Labute approximate surface area is 191 Å². The second-order valence-corrected chi connectivity index (χ2v) is 9.84. The Balaban J connectivity index is 1.31. The quantitative estimate of drug-likeness (QED) is 0.226. The van der Waals surface area contributed by atoms with Gasteiger partial charge in [0.2, 0.25) is 0 Å². The molecule has 1 N–H and O–H groups in total. The van der Waals surface area contributed by atoms with Crippen LogP contribution in [0.5, 0.6) is 0 Å². The van der Waals surface area contributed by atoms with Gasteiger partial charge in [-0.05, 0) is 42.8 Å². The molecule has 0 saturated carbocycles. The molecule has 9 nitrogen and oxygen atoms in total. The minimum atomic E-state index is 0.443. The highest BCUT2D eigenvalue weighted by Gasteiger charge is 2.50. The molecule has 0 amide bonds. The van der Waals surface area contributed by atoms with Gasteiger partial charge < -0.3 is 14.6 Å². The summed E-state index contributed by atoms with van der Waals surface area (Å²) in [6, 6.07) is 13.5. The molecule has 0 spiro atoms. The van der Waals surface area contributed by atoms with Crippen molar-refractivity contribution >= 4 is 27.9 Å². The van der Waals surface area contributed by atoms with Crippen molar-refractivity contribution in [2.75, 3.05) is 32.1 Å². The van der Waals surface area contributed by atoms with Crippen LogP contribution in [0.25, 0.3) is 16.6 Å². The van der Waals surface area contributed by atoms with Crippen LogP contribution in [0.15, 0.2) is 47.8 Å². The summed E-state index contributed by atoms with van der Waals surface area (Å²) in [5, 5.41) is 26.6. The lowest BCUT2D eigenvalue weighted by Gasteiger charge is -2.39. The molecule has 5 heterocycles. The van der Waals surface area contributed by atoms with E-state index >= 15 is 0 Å². The molecule has 168 valence electrons. The summed E-state index contributed by atoms with van der Waals surface area (Å²) >= 11 is 0. The zero-order valence-corrected chi connectivity index (χ0v) is 19.0. The predicted molar refractivity (Wildman–Crippen MR) is 126 cm³/mol. The highest BCUT2D eigenvalue weighted by atomic mass is 16.4. The van der Waals surface area contributed by atoms with Crippen LogP contribution in [-0.4, -0.2) is 79.5 Å². The summed E-state index contributed by atoms with van der Waals surface area (Å²) < 4.78 is 2.84. The number of pyridine rings is 1. The lowest BCUT2D eigenvalue weighted by molar-refractivity contribution is -0.903. The molecule has 2 saturated heterocycles. The molecule has 2 aliphatic heterocycles. The number of anilines is 1. The van der Waals surface area contributed by atoms with Gasteiger partial charge in [-0.2, -0.15) is 9.61 Å². The largest absolute Gasteiger partial charge is 0.411 e. The number of hydrogen-bond acceptors (Lipinski definition) is 7. The summed E-state index contributed by atoms with van der Waals surface area (Å²) in [5.74, 6) is 0.734. The second kappa shape index (κ2) is 7.21. The van der Waals surface area contributed by atoms with Crippen molar-refractivity contribution in [3.8, 4) is 0 Å². The fourth-order valence-corrected chi connectivity index (χ4v) is 5.39. The average Bonchev–Trinajstić information content (AvgIpc) is 3.50. The van der Waals surface area contributed by atoms with Crippen molar-refractivity contribution in [3.05, 3.63) is 59.7 Å². The maximum Gasteiger partial charge on any atom is 0.177 e. The molecule has 6 rings (SSSR count). The normalized spacial score (nSPS) is 22.0. The molecular weight excluding hydrogens is 416 g/mol. The van der Waals surface area contributed by atoms with Crippen LogP contribution in [0.4, 0.5) is 5.69 Å². The molecule has 2 atom stereocenters. The van der Waals surface area contributed by atoms with Gasteiger partial charge in [-0.15, -0.1) is 10.2 Å². The van der Waals surface area contributed by atoms with Crippen LogP contribution in [-0.2, 0) is 6.42 Å². The maximum atomic E-state index is 9.07. The Morgan fingerprint density at radius 3 is 2.82 bits per heavy atom. The minimum absolute atomic E-state index is 0.443. The molecule has 3 aromatic heterocycles. The van der Waals surface area contributed by atoms with Crippen molar-refractivity contribution in [1.29, 1.82) is 0 Å². The molecule has 0 radical (unpaired) electrons. The van der Waals surface area contributed by atoms with Crippen LogP contribution >= 0.6 is 0 Å². The second-order valence-electron chi connectivity index (χ2n) is 9.84. The van der Waals surface area contributed by atoms with Gasteiger partial charge in [0.05, 0.1) is 50.6 Å². The number of fused-ring (bicyclic) bond motifs is 4. The molecule has 2 bridgehead atoms. The van der Waals surface area contributed by atoms with E-state index in [0.29, 0.717) is 35.6 Å². The van der Waals surface area contributed by atoms with Gasteiger partial charge in [-0.25, -0.2) is 0 Å². The van der Waals surface area contributed by atoms with Crippen molar-refractivity contribution in [3.63, 3.8) is 0 Å². The molecular formula is C24H27N8O+. The van der Waals surface area contributed by atoms with Crippen molar-refractivity contribution < 1.29 is 9.69 Å². The number of nitrogens with zero attached hydrogens (tertiary/aromatic N) is 8. The highest BCUT2D eigenvalue weighted by Crippen LogP contribution is 2.37. The number of oxime groups is 1. The third-order valence-electron chi connectivity index (χ3n) is 7.34. The summed E-state index contributed by atoms with van der Waals surface area (Å²) in [7, 11) is 4.69. The summed E-state index contributed by atoms with van der Waals surface area (Å²) in [6.07, 6.45) is 3.87. The van der Waals surface area contributed by atoms with Gasteiger partial charge in [0.25, 0.3) is 0 Å². The van der Waals surface area contributed by atoms with E-state index in [9.17, 15) is 0 Å². The molecule has 0 unspecified atom stereocenters. The number of quaternary nitrogens is 1. The lowest BCUT2D eigenvalue weighted by Crippen LogP contribution is -2.55. The van der Waals surface area contributed by atoms with Gasteiger partial charge in [-0.1, -0.05) is 11.2 Å². The minimum Gasteiger partial charge on any atom is -0.411 e. The lowest BCUT2D eigenvalue weighted by atomic mass is 10.1. The molecule has 0 aliphatic carbocycles. The van der Waals surface area contributed by atoms with Crippen LogP contribution in [0, 0.1) is 0 Å². The summed E-state index contributed by atoms with van der Waals surface area (Å²) in [4.78, 5) is 7.28. The van der Waals surface area contributed by atoms with E-state index in [1.165, 1.54) is 18.7 Å². The number of likely N-dealkylation sites (tertiary alicyclic amines) is 1. The third-order valence-corrected chi connectivity index (χ3v) is 7.34. The van der Waals surface area contributed by atoms with Crippen LogP contribution in [0.1, 0.15) is 30.4 Å². The Bertz CT molecular complexity index is 1410. The predicted octanol–water partition coefficient (Wildman–Crippen LogP) is 2.50. The molecule has 33 heavy (non-hydrogen) atoms. The highest BCUT2D eigenvalue weighted by molar-refractivity contribution is 5.96. The maximum absolute atomic E-state index is 9.07. The molecule has 9 heteroatoms. The first-order valence-corrected chi connectivity index (χ1v) is 11.3. The number of hydrogen-bond donors (Lipinski definition) is 1. The zero-order valence-electron chi connectivity index (χ0n) is 19.0. The third kappa shape index (κ3) is 3.31. The number of benzene rings is 1. The van der Waals surface area contributed by atoms with E-state index in [1.54, 1.807) is 17.5 Å². The van der Waals surface area contributed by atoms with Crippen molar-refractivity contribution in [1.82, 2.24) is 24.8 Å². The molecule has 1 aromatic carbocycles. The fraction of sp³-hybridized carbons (Fsp3) is 0.375. The van der Waals surface area contributed by atoms with Crippen LogP contribution in [0.3, 0.4) is 0 Å². The number of aromatic nitrogens is 5. The van der Waals surface area contributed by atoms with Crippen molar-refractivity contribution in [2.45, 2.75) is 31.8 Å². The van der Waals surface area contributed by atoms with E-state index in [4.69, 9.17) is 10.2 Å². The molecule has 4 aromatic rings. The van der Waals surface area contributed by atoms with Crippen LogP contribution in [0.2, 0.25) is 0 Å². The van der Waals surface area contributed by atoms with Crippen molar-refractivity contribution in [2.24, 2.45) is 5.16 Å². The topological polar surface area (TPSA) is 91.8 Å². The Morgan fingerprint density at radius 1 is 1.18 bits per heavy atom. The Kier molecular flexibility index (Phi) is 4.38. The van der Waals surface area contributed by atoms with E-state index in [2.05, 4.69) is 63.7 Å². The van der Waals surface area contributed by atoms with Crippen LogP contribution < -0.4 is 4.90 Å². The summed E-state index contributed by atoms with van der Waals surface area (Å²) in [6.45, 7) is 4.00. The van der Waals surface area contributed by atoms with Gasteiger partial charge in [0.15, 0.2) is 11.5 Å². The van der Waals surface area contributed by atoms with E-state index in [0.717, 1.165) is 33.3 Å². The zero-order chi connectivity index (χ0) is 22.7. The average molecular weight is 444 g/mol. The smallest absolute Gasteiger partial charge is 0.177 e. The fourth-order valence-electron chi connectivity index (χ4n) is 5.39. The monoisotopic (exact) mass is 443 g/mol. The standard InChI is InChI=1S/C24H26N8O/c1-15(29-33)21-6-7-23-26-27-24(31(23)28-21)9-16-4-5-22-17(8-16)10-18(12-25-22)30-13-20-11-19(30)14-32(20,2)3/h4-8,10,12,19-20H,9,11,13-14H2,1-3H3/p+1/b29-15+/t19-,20-/m0/s1. The Morgan fingerprint density at radius 2 is 2.06 bits per heavy atom. The van der Waals surface area contributed by atoms with Gasteiger partial charge >= 0.3 is 0 Å². The van der Waals surface area contributed by atoms with E-state index < -0.39 is 0 Å². The molecule has 2 aliphatic rings. The SMILES string of the molecule is C/C(=N\O)c1ccc2nnc(Cc3ccc4ncc(N5C[C@@H]6C[C@H]5C[N+]6(C)C)cc4c3)n2n1. The summed E-state index contributed by atoms with van der Waals surface area (Å²) in [5.41, 5.74) is 5.01. The first-order chi connectivity index (χ1) is 15.9. The van der Waals surface area contributed by atoms with E-state index in [-0.39, 0.29) is 0 Å². The van der Waals surface area contributed by atoms with E-state index in [1.807, 2.05) is 12.3 Å². The van der Waals surface area contributed by atoms with Gasteiger partial charge in [0, 0.05) is 18.2 Å². The first kappa shape index (κ1) is 20.0. The number of rotatable bonds is 4. The number of likely N-dealkylation sites (N-methyl/N-ethyl adjacent to an activating group) is 1. The first-order valence-electron chi connectivity index (χ1n) is 11.3. The van der Waals surface area contributed by atoms with Gasteiger partial charge in [0.1, 0.15) is 17.4 Å². The Hall–Kier alpha value is -3.59. The van der Waals surface area contributed by atoms with Gasteiger partial charge in [-0.3, -0.25) is 4.98 Å². The number of piperazine rings is 1. The molecule has 2 fully saturated rings.